The van der Waals surface area contributed by atoms with E-state index in [2.05, 4.69) is 15.6 Å². The fraction of sp³-hybridized carbons (Fsp3) is 0.778. The average molecular weight is 218 g/mol. The van der Waals surface area contributed by atoms with Crippen LogP contribution in [0.4, 0.5) is 8.78 Å². The summed E-state index contributed by atoms with van der Waals surface area (Å²) in [4.78, 5) is 0. The summed E-state index contributed by atoms with van der Waals surface area (Å²) in [7, 11) is 1.72. The monoisotopic (exact) mass is 218 g/mol. The first-order valence-corrected chi connectivity index (χ1v) is 5.00. The molecule has 0 saturated heterocycles. The molecule has 0 fully saturated rings. The zero-order valence-electron chi connectivity index (χ0n) is 8.95. The van der Waals surface area contributed by atoms with E-state index in [1.54, 1.807) is 13.2 Å². The van der Waals surface area contributed by atoms with Crippen LogP contribution in [0.2, 0.25) is 0 Å². The average Bonchev–Trinajstić information content (AvgIpc) is 2.58. The summed E-state index contributed by atoms with van der Waals surface area (Å²) in [5, 5.41) is 10.3. The van der Waals surface area contributed by atoms with E-state index < -0.39 is 12.5 Å². The number of aromatic nitrogens is 3. The number of aryl methyl sites for hydroxylation is 1. The number of nitrogens with zero attached hydrogens (tertiary/aromatic N) is 3. The van der Waals surface area contributed by atoms with Gasteiger partial charge in [-0.1, -0.05) is 12.1 Å². The Labute approximate surface area is 87.7 Å². The number of nitrogens with one attached hydrogen (secondary N) is 1. The summed E-state index contributed by atoms with van der Waals surface area (Å²) in [6.45, 7) is 2.53. The van der Waals surface area contributed by atoms with Crippen LogP contribution in [0, 0.1) is 0 Å². The van der Waals surface area contributed by atoms with Gasteiger partial charge in [-0.25, -0.2) is 8.78 Å². The van der Waals surface area contributed by atoms with Crippen LogP contribution in [0.1, 0.15) is 19.0 Å². The van der Waals surface area contributed by atoms with Gasteiger partial charge in [-0.05, 0) is 13.0 Å². The predicted molar refractivity (Wildman–Crippen MR) is 52.8 cm³/mol. The maximum absolute atomic E-state index is 12.6. The van der Waals surface area contributed by atoms with Gasteiger partial charge in [0.2, 0.25) is 0 Å². The summed E-state index contributed by atoms with van der Waals surface area (Å²) in [5.41, 5.74) is 0.589. The molecule has 4 nitrogen and oxygen atoms in total. The highest BCUT2D eigenvalue weighted by Crippen LogP contribution is 2.07. The maximum atomic E-state index is 12.6. The van der Waals surface area contributed by atoms with E-state index in [1.165, 1.54) is 4.68 Å². The molecule has 1 aromatic heterocycles. The first kappa shape index (κ1) is 12.0. The SMILES string of the molecule is CCCNC(Cc1cn(C)nn1)C(F)F. The lowest BCUT2D eigenvalue weighted by atomic mass is 10.1. The molecule has 0 bridgehead atoms. The Morgan fingerprint density at radius 2 is 2.27 bits per heavy atom. The minimum atomic E-state index is -2.38. The van der Waals surface area contributed by atoms with Gasteiger partial charge in [-0.3, -0.25) is 4.68 Å². The lowest BCUT2D eigenvalue weighted by molar-refractivity contribution is 0.0978. The highest BCUT2D eigenvalue weighted by Gasteiger charge is 2.20. The second-order valence-corrected chi connectivity index (χ2v) is 3.48. The van der Waals surface area contributed by atoms with E-state index in [4.69, 9.17) is 0 Å². The molecule has 1 aromatic rings. The number of hydrogen-bond donors (Lipinski definition) is 1. The summed E-state index contributed by atoms with van der Waals surface area (Å²) in [6, 6.07) is -0.832. The highest BCUT2D eigenvalue weighted by atomic mass is 19.3. The van der Waals surface area contributed by atoms with Crippen LogP contribution in [0.15, 0.2) is 6.20 Å². The molecule has 1 heterocycles. The fourth-order valence-electron chi connectivity index (χ4n) is 1.29. The molecular weight excluding hydrogens is 202 g/mol. The van der Waals surface area contributed by atoms with Crippen molar-refractivity contribution in [3.05, 3.63) is 11.9 Å². The molecule has 0 spiro atoms. The van der Waals surface area contributed by atoms with Gasteiger partial charge in [-0.15, -0.1) is 5.10 Å². The van der Waals surface area contributed by atoms with Crippen LogP contribution < -0.4 is 5.32 Å². The molecule has 0 radical (unpaired) electrons. The molecule has 86 valence electrons. The molecule has 0 aliphatic carbocycles. The largest absolute Gasteiger partial charge is 0.309 e. The third-order valence-corrected chi connectivity index (χ3v) is 2.04. The summed E-state index contributed by atoms with van der Waals surface area (Å²) < 4.78 is 26.7. The Balaban J connectivity index is 2.50. The van der Waals surface area contributed by atoms with Crippen molar-refractivity contribution in [3.8, 4) is 0 Å². The molecule has 0 aliphatic heterocycles. The van der Waals surface area contributed by atoms with E-state index in [0.29, 0.717) is 12.2 Å². The Morgan fingerprint density at radius 3 is 2.73 bits per heavy atom. The van der Waals surface area contributed by atoms with E-state index in [9.17, 15) is 8.78 Å². The fourth-order valence-corrected chi connectivity index (χ4v) is 1.29. The van der Waals surface area contributed by atoms with Crippen LogP contribution in [0.25, 0.3) is 0 Å². The smallest absolute Gasteiger partial charge is 0.254 e. The zero-order valence-corrected chi connectivity index (χ0v) is 8.95. The zero-order chi connectivity index (χ0) is 11.3. The first-order valence-electron chi connectivity index (χ1n) is 5.00. The molecule has 15 heavy (non-hydrogen) atoms. The second kappa shape index (κ2) is 5.75. The van der Waals surface area contributed by atoms with Gasteiger partial charge in [0.15, 0.2) is 0 Å². The van der Waals surface area contributed by atoms with Gasteiger partial charge in [0.05, 0.1) is 11.7 Å². The van der Waals surface area contributed by atoms with Gasteiger partial charge in [0.1, 0.15) is 0 Å². The summed E-state index contributed by atoms with van der Waals surface area (Å²) in [6.07, 6.45) is 0.330. The van der Waals surface area contributed by atoms with Gasteiger partial charge in [0.25, 0.3) is 6.43 Å². The molecule has 1 unspecified atom stereocenters. The molecule has 0 aliphatic rings. The van der Waals surface area contributed by atoms with Crippen molar-refractivity contribution in [1.82, 2.24) is 20.3 Å². The van der Waals surface area contributed by atoms with Crippen molar-refractivity contribution in [2.75, 3.05) is 6.54 Å². The number of rotatable bonds is 6. The third-order valence-electron chi connectivity index (χ3n) is 2.04. The predicted octanol–water partition coefficient (Wildman–Crippen LogP) is 0.991. The van der Waals surface area contributed by atoms with Gasteiger partial charge in [-0.2, -0.15) is 0 Å². The number of halogens is 2. The van der Waals surface area contributed by atoms with Crippen LogP contribution in [-0.2, 0) is 13.5 Å². The maximum Gasteiger partial charge on any atom is 0.254 e. The Bertz CT molecular complexity index is 287. The van der Waals surface area contributed by atoms with Crippen molar-refractivity contribution < 1.29 is 8.78 Å². The quantitative estimate of drug-likeness (QED) is 0.774. The van der Waals surface area contributed by atoms with Crippen LogP contribution in [-0.4, -0.2) is 34.0 Å². The van der Waals surface area contributed by atoms with Crippen molar-refractivity contribution in [1.29, 1.82) is 0 Å². The van der Waals surface area contributed by atoms with E-state index in [1.807, 2.05) is 6.92 Å². The standard InChI is InChI=1S/C9H16F2N4/c1-3-4-12-8(9(10)11)5-7-6-15(2)14-13-7/h6,8-9,12H,3-5H2,1-2H3. The molecule has 1 rings (SSSR count). The topological polar surface area (TPSA) is 42.7 Å². The second-order valence-electron chi connectivity index (χ2n) is 3.48. The number of hydrogen-bond acceptors (Lipinski definition) is 3. The van der Waals surface area contributed by atoms with Crippen molar-refractivity contribution in [2.24, 2.45) is 7.05 Å². The van der Waals surface area contributed by atoms with Crippen molar-refractivity contribution in [3.63, 3.8) is 0 Å². The van der Waals surface area contributed by atoms with Crippen LogP contribution in [0.3, 0.4) is 0 Å². The highest BCUT2D eigenvalue weighted by molar-refractivity contribution is 4.96. The summed E-state index contributed by atoms with van der Waals surface area (Å²) >= 11 is 0. The molecule has 0 saturated carbocycles. The normalized spacial score (nSPS) is 13.4. The Kier molecular flexibility index (Phi) is 4.61. The van der Waals surface area contributed by atoms with Gasteiger partial charge in [0, 0.05) is 19.7 Å². The van der Waals surface area contributed by atoms with Crippen molar-refractivity contribution >= 4 is 0 Å². The van der Waals surface area contributed by atoms with Gasteiger partial charge < -0.3 is 5.32 Å². The van der Waals surface area contributed by atoms with Crippen LogP contribution >= 0.6 is 0 Å². The Hall–Kier alpha value is -1.04. The molecule has 1 N–H and O–H groups in total. The van der Waals surface area contributed by atoms with E-state index in [0.717, 1.165) is 6.42 Å². The minimum absolute atomic E-state index is 0.214. The van der Waals surface area contributed by atoms with Gasteiger partial charge >= 0.3 is 0 Å². The third kappa shape index (κ3) is 3.91. The minimum Gasteiger partial charge on any atom is -0.309 e. The molecule has 6 heteroatoms. The Morgan fingerprint density at radius 1 is 1.53 bits per heavy atom. The molecule has 0 aromatic carbocycles. The first-order chi connectivity index (χ1) is 7.13. The number of alkyl halides is 2. The molecule has 1 atom stereocenters. The molecule has 0 amide bonds. The van der Waals surface area contributed by atoms with Crippen LogP contribution in [0.5, 0.6) is 0 Å². The van der Waals surface area contributed by atoms with Crippen molar-refractivity contribution in [2.45, 2.75) is 32.2 Å². The lowest BCUT2D eigenvalue weighted by Gasteiger charge is -2.15. The lowest BCUT2D eigenvalue weighted by Crippen LogP contribution is -2.38. The van der Waals surface area contributed by atoms with E-state index >= 15 is 0 Å². The molecular formula is C9H16F2N4. The summed E-state index contributed by atoms with van der Waals surface area (Å²) in [5.74, 6) is 0. The van der Waals surface area contributed by atoms with E-state index in [-0.39, 0.29) is 6.42 Å².